The molecule has 3 aromatic rings. The number of hydrogen-bond donors (Lipinski definition) is 1. The van der Waals surface area contributed by atoms with Crippen LogP contribution in [-0.4, -0.2) is 36.9 Å². The Bertz CT molecular complexity index is 1030. The predicted molar refractivity (Wildman–Crippen MR) is 103 cm³/mol. The second kappa shape index (κ2) is 7.61. The molecule has 146 valence electrons. The van der Waals surface area contributed by atoms with E-state index in [1.54, 1.807) is 25.1 Å². The molecule has 0 radical (unpaired) electrons. The van der Waals surface area contributed by atoms with Gasteiger partial charge in [0, 0.05) is 4.88 Å². The number of rotatable bonds is 5. The van der Waals surface area contributed by atoms with Crippen LogP contribution in [0.25, 0.3) is 11.5 Å². The molecule has 0 bridgehead atoms. The third-order valence-corrected chi connectivity index (χ3v) is 5.56. The lowest BCUT2D eigenvalue weighted by molar-refractivity contribution is 0.102. The molecule has 9 heteroatoms. The number of carbonyl (C=O) groups excluding carboxylic acids is 1. The zero-order valence-corrected chi connectivity index (χ0v) is 16.5. The highest BCUT2D eigenvalue weighted by atomic mass is 32.1. The molecular formula is C19H19N3O5S. The molecule has 0 saturated carbocycles. The topological polar surface area (TPSA) is 95.7 Å². The van der Waals surface area contributed by atoms with E-state index in [1.165, 1.54) is 25.6 Å². The van der Waals surface area contributed by atoms with Crippen molar-refractivity contribution in [3.8, 4) is 23.0 Å². The van der Waals surface area contributed by atoms with Crippen LogP contribution in [0.2, 0.25) is 0 Å². The number of aromatic nitrogens is 2. The van der Waals surface area contributed by atoms with Gasteiger partial charge >= 0.3 is 0 Å². The summed E-state index contributed by atoms with van der Waals surface area (Å²) in [5.74, 6) is 1.48. The van der Waals surface area contributed by atoms with Gasteiger partial charge in [-0.05, 0) is 31.0 Å². The third-order valence-electron chi connectivity index (χ3n) is 4.44. The first kappa shape index (κ1) is 18.5. The van der Waals surface area contributed by atoms with Crippen LogP contribution in [0.3, 0.4) is 0 Å². The number of nitrogens with one attached hydrogen (secondary N) is 1. The fraction of sp³-hybridized carbons (Fsp3) is 0.316. The van der Waals surface area contributed by atoms with Gasteiger partial charge in [-0.25, -0.2) is 0 Å². The van der Waals surface area contributed by atoms with E-state index in [2.05, 4.69) is 15.5 Å². The van der Waals surface area contributed by atoms with Crippen LogP contribution in [-0.2, 0) is 17.8 Å². The second-order valence-electron chi connectivity index (χ2n) is 6.15. The van der Waals surface area contributed by atoms with Crippen molar-refractivity contribution in [1.82, 2.24) is 10.1 Å². The fourth-order valence-electron chi connectivity index (χ4n) is 3.18. The summed E-state index contributed by atoms with van der Waals surface area (Å²) < 4.78 is 21.6. The molecule has 4 rings (SSSR count). The molecule has 0 saturated heterocycles. The Kier molecular flexibility index (Phi) is 5.01. The molecule has 0 aliphatic carbocycles. The van der Waals surface area contributed by atoms with Gasteiger partial charge in [-0.2, -0.15) is 4.98 Å². The highest BCUT2D eigenvalue weighted by molar-refractivity contribution is 7.17. The van der Waals surface area contributed by atoms with Crippen molar-refractivity contribution >= 4 is 22.2 Å². The summed E-state index contributed by atoms with van der Waals surface area (Å²) >= 11 is 1.46. The van der Waals surface area contributed by atoms with Gasteiger partial charge in [-0.15, -0.1) is 11.3 Å². The number of para-hydroxylation sites is 1. The standard InChI is InChI=1S/C19H19N3O5S/c1-10-20-18(27-22-10)15-11-7-8-26-9-14(11)28-19(15)21-17(23)12-5-4-6-13(24-2)16(12)25-3/h4-6H,7-9H2,1-3H3,(H,21,23). The minimum atomic E-state index is -0.312. The number of amides is 1. The van der Waals surface area contributed by atoms with E-state index in [1.807, 2.05) is 0 Å². The Morgan fingerprint density at radius 2 is 2.14 bits per heavy atom. The Hall–Kier alpha value is -2.91. The zero-order valence-electron chi connectivity index (χ0n) is 15.7. The number of thiophene rings is 1. The molecule has 1 N–H and O–H groups in total. The normalized spacial score (nSPS) is 13.1. The molecule has 0 atom stereocenters. The smallest absolute Gasteiger partial charge is 0.261 e. The van der Waals surface area contributed by atoms with E-state index in [4.69, 9.17) is 18.7 Å². The predicted octanol–water partition coefficient (Wildman–Crippen LogP) is 3.45. The average molecular weight is 401 g/mol. The Morgan fingerprint density at radius 3 is 2.86 bits per heavy atom. The molecule has 1 aliphatic heterocycles. The Balaban J connectivity index is 1.75. The maximum atomic E-state index is 13.0. The van der Waals surface area contributed by atoms with E-state index >= 15 is 0 Å². The number of fused-ring (bicyclic) bond motifs is 1. The highest BCUT2D eigenvalue weighted by Crippen LogP contribution is 2.43. The van der Waals surface area contributed by atoms with E-state index < -0.39 is 0 Å². The number of ether oxygens (including phenoxy) is 3. The summed E-state index contributed by atoms with van der Waals surface area (Å²) in [7, 11) is 3.03. The molecule has 1 aliphatic rings. The van der Waals surface area contributed by atoms with Gasteiger partial charge in [-0.3, -0.25) is 4.79 Å². The summed E-state index contributed by atoms with van der Waals surface area (Å²) in [6, 6.07) is 5.17. The molecule has 0 fully saturated rings. The van der Waals surface area contributed by atoms with Crippen molar-refractivity contribution in [2.24, 2.45) is 0 Å². The van der Waals surface area contributed by atoms with Gasteiger partial charge in [-0.1, -0.05) is 11.2 Å². The molecule has 1 amide bonds. The summed E-state index contributed by atoms with van der Waals surface area (Å²) in [4.78, 5) is 18.4. The van der Waals surface area contributed by atoms with Crippen molar-refractivity contribution in [3.63, 3.8) is 0 Å². The van der Waals surface area contributed by atoms with Crippen molar-refractivity contribution in [2.45, 2.75) is 20.0 Å². The SMILES string of the molecule is COc1cccc(C(=O)Nc2sc3c(c2-c2nc(C)no2)CCOC3)c1OC. The van der Waals surface area contributed by atoms with E-state index in [-0.39, 0.29) is 5.91 Å². The van der Waals surface area contributed by atoms with E-state index in [9.17, 15) is 4.79 Å². The number of carbonyl (C=O) groups is 1. The maximum Gasteiger partial charge on any atom is 0.261 e. The highest BCUT2D eigenvalue weighted by Gasteiger charge is 2.27. The number of nitrogens with zero attached hydrogens (tertiary/aromatic N) is 2. The van der Waals surface area contributed by atoms with Gasteiger partial charge in [0.1, 0.15) is 5.00 Å². The van der Waals surface area contributed by atoms with Crippen LogP contribution in [0.1, 0.15) is 26.6 Å². The zero-order chi connectivity index (χ0) is 19.7. The second-order valence-corrected chi connectivity index (χ2v) is 7.26. The van der Waals surface area contributed by atoms with Gasteiger partial charge in [0.15, 0.2) is 17.3 Å². The molecule has 2 aromatic heterocycles. The van der Waals surface area contributed by atoms with Crippen LogP contribution in [0, 0.1) is 6.92 Å². The summed E-state index contributed by atoms with van der Waals surface area (Å²) in [5, 5.41) is 7.51. The molecule has 0 unspecified atom stereocenters. The first-order valence-electron chi connectivity index (χ1n) is 8.67. The largest absolute Gasteiger partial charge is 0.493 e. The maximum absolute atomic E-state index is 13.0. The van der Waals surface area contributed by atoms with Crippen molar-refractivity contribution in [1.29, 1.82) is 0 Å². The van der Waals surface area contributed by atoms with Gasteiger partial charge in [0.25, 0.3) is 11.8 Å². The van der Waals surface area contributed by atoms with Gasteiger partial charge < -0.3 is 24.1 Å². The number of aryl methyl sites for hydroxylation is 1. The Morgan fingerprint density at radius 1 is 1.29 bits per heavy atom. The van der Waals surface area contributed by atoms with E-state index in [0.29, 0.717) is 47.0 Å². The summed E-state index contributed by atoms with van der Waals surface area (Å²) in [6.07, 6.45) is 0.723. The lowest BCUT2D eigenvalue weighted by Crippen LogP contribution is -2.13. The first-order valence-corrected chi connectivity index (χ1v) is 9.49. The third kappa shape index (κ3) is 3.23. The number of anilines is 1. The van der Waals surface area contributed by atoms with Crippen molar-refractivity contribution < 1.29 is 23.5 Å². The molecule has 28 heavy (non-hydrogen) atoms. The molecule has 3 heterocycles. The number of methoxy groups -OCH3 is 2. The quantitative estimate of drug-likeness (QED) is 0.699. The minimum absolute atomic E-state index is 0.312. The summed E-state index contributed by atoms with van der Waals surface area (Å²) in [6.45, 7) is 2.87. The lowest BCUT2D eigenvalue weighted by atomic mass is 10.1. The van der Waals surface area contributed by atoms with Gasteiger partial charge in [0.2, 0.25) is 0 Å². The average Bonchev–Trinajstić information content (AvgIpc) is 3.29. The number of benzene rings is 1. The van der Waals surface area contributed by atoms with Crippen LogP contribution in [0.4, 0.5) is 5.00 Å². The monoisotopic (exact) mass is 401 g/mol. The minimum Gasteiger partial charge on any atom is -0.493 e. The lowest BCUT2D eigenvalue weighted by Gasteiger charge is -2.13. The molecule has 8 nitrogen and oxygen atoms in total. The van der Waals surface area contributed by atoms with Crippen LogP contribution >= 0.6 is 11.3 Å². The number of hydrogen-bond acceptors (Lipinski definition) is 8. The van der Waals surface area contributed by atoms with Crippen LogP contribution < -0.4 is 14.8 Å². The van der Waals surface area contributed by atoms with Crippen LogP contribution in [0.5, 0.6) is 11.5 Å². The van der Waals surface area contributed by atoms with Crippen molar-refractivity contribution in [3.05, 3.63) is 40.0 Å². The molecule has 0 spiro atoms. The molecule has 1 aromatic carbocycles. The van der Waals surface area contributed by atoms with Crippen LogP contribution in [0.15, 0.2) is 22.7 Å². The van der Waals surface area contributed by atoms with Gasteiger partial charge in [0.05, 0.1) is 38.6 Å². The van der Waals surface area contributed by atoms with E-state index in [0.717, 1.165) is 22.4 Å². The van der Waals surface area contributed by atoms with Crippen molar-refractivity contribution in [2.75, 3.05) is 26.1 Å². The summed E-state index contributed by atoms with van der Waals surface area (Å²) in [5.41, 5.74) is 2.21. The molecular weight excluding hydrogens is 382 g/mol. The first-order chi connectivity index (χ1) is 13.6. The Labute approximate surface area is 165 Å². The fourth-order valence-corrected chi connectivity index (χ4v) is 4.35.